The fourth-order valence-electron chi connectivity index (χ4n) is 8.49. The summed E-state index contributed by atoms with van der Waals surface area (Å²) >= 11 is 0. The van der Waals surface area contributed by atoms with Crippen LogP contribution in [0.3, 0.4) is 0 Å². The highest BCUT2D eigenvalue weighted by Crippen LogP contribution is 2.21. The fraction of sp³-hybridized carbons (Fsp3) is 0.296. The molecule has 0 fully saturated rings. The molecule has 19 N–H and O–H groups in total. The van der Waals surface area contributed by atoms with Crippen molar-refractivity contribution in [2.75, 3.05) is 13.1 Å². The number of fused-ring (bicyclic) bond motifs is 2. The lowest BCUT2D eigenvalue weighted by Crippen LogP contribution is -2.59. The average Bonchev–Trinajstić information content (AvgIpc) is 4.05. The lowest BCUT2D eigenvalue weighted by atomic mass is 10.0. The summed E-state index contributed by atoms with van der Waals surface area (Å²) in [6.07, 6.45) is 1.63. The molecule has 422 valence electrons. The summed E-state index contributed by atoms with van der Waals surface area (Å²) in [6.45, 7) is -1.47. The lowest BCUT2D eigenvalue weighted by molar-refractivity contribution is -0.142. The minimum atomic E-state index is -1.49. The molecule has 6 atom stereocenters. The summed E-state index contributed by atoms with van der Waals surface area (Å²) in [5, 5.41) is 45.3. The summed E-state index contributed by atoms with van der Waals surface area (Å²) < 4.78 is 0. The monoisotopic (exact) mass is 1100 g/mol. The highest BCUT2D eigenvalue weighted by atomic mass is 16.4. The average molecular weight is 1100 g/mol. The molecule has 26 nitrogen and oxygen atoms in total. The quantitative estimate of drug-likeness (QED) is 0.0227. The number of carbonyl (C=O) groups excluding carboxylic acids is 9. The number of hydrogen-bond acceptors (Lipinski definition) is 14. The number of aromatic hydroxyl groups is 2. The number of nitrogens with one attached hydrogen (secondary N) is 10. The number of aliphatic carboxylic acids is 1. The molecule has 0 bridgehead atoms. The number of phenols is 2. The maximum absolute atomic E-state index is 14.3. The maximum Gasteiger partial charge on any atom is 0.326 e. The molecule has 0 radical (unpaired) electrons. The van der Waals surface area contributed by atoms with E-state index in [-0.39, 0.29) is 62.9 Å². The van der Waals surface area contributed by atoms with E-state index in [9.17, 15) is 63.3 Å². The summed E-state index contributed by atoms with van der Waals surface area (Å²) in [5.74, 6) is -9.11. The van der Waals surface area contributed by atoms with Gasteiger partial charge in [-0.15, -0.1) is 0 Å². The zero-order chi connectivity index (χ0) is 57.9. The summed E-state index contributed by atoms with van der Waals surface area (Å²) in [5.41, 5.74) is 25.8. The predicted molar refractivity (Wildman–Crippen MR) is 289 cm³/mol. The molecule has 80 heavy (non-hydrogen) atoms. The van der Waals surface area contributed by atoms with Crippen LogP contribution in [0.1, 0.15) is 47.9 Å². The van der Waals surface area contributed by atoms with Crippen molar-refractivity contribution in [2.24, 2.45) is 17.2 Å². The van der Waals surface area contributed by atoms with Crippen molar-refractivity contribution >= 4 is 80.9 Å². The third-order valence-corrected chi connectivity index (χ3v) is 12.7. The number of nitrogens with two attached hydrogens (primary N) is 3. The van der Waals surface area contributed by atoms with Gasteiger partial charge in [-0.2, -0.15) is 0 Å². The number of benzene rings is 4. The van der Waals surface area contributed by atoms with Gasteiger partial charge in [-0.25, -0.2) is 10.2 Å². The zero-order valence-corrected chi connectivity index (χ0v) is 43.1. The molecular weight excluding hydrogens is 1040 g/mol. The molecule has 0 aliphatic heterocycles. The highest BCUT2D eigenvalue weighted by Gasteiger charge is 2.31. The van der Waals surface area contributed by atoms with Gasteiger partial charge in [-0.1, -0.05) is 60.7 Å². The Morgan fingerprint density at radius 3 is 1.41 bits per heavy atom. The van der Waals surface area contributed by atoms with Crippen molar-refractivity contribution in [2.45, 2.75) is 87.6 Å². The van der Waals surface area contributed by atoms with Gasteiger partial charge in [-0.05, 0) is 77.9 Å². The Balaban J connectivity index is 1.14. The number of carboxylic acid groups (broad SMARTS) is 1. The SMILES string of the molecule is NC(=O)CC[C@@H](NC(=O)CNC(=O)[C@H](Cc1c[nH]c2ccccc12)NNC(=O)[C@H](Cc1c[nH]c2ccccc12)NC(=O)CNC(=O)[C@@H](CCC(N)=O)NC(=O)[C@@H](N)Cc1ccc(O)cc1)C(=O)N[C@@H](Cc1ccc(O)cc1)C(=O)O. The van der Waals surface area contributed by atoms with Gasteiger partial charge in [0.15, 0.2) is 0 Å². The van der Waals surface area contributed by atoms with Crippen molar-refractivity contribution in [1.82, 2.24) is 52.7 Å². The molecule has 2 heterocycles. The number of primary amides is 2. The number of phenolic OH excluding ortho intramolecular Hbond substituents is 2. The molecule has 0 spiro atoms. The van der Waals surface area contributed by atoms with E-state index in [2.05, 4.69) is 52.7 Å². The summed E-state index contributed by atoms with van der Waals surface area (Å²) in [7, 11) is 0. The molecule has 0 aliphatic carbocycles. The second-order valence-corrected chi connectivity index (χ2v) is 18.8. The first-order valence-electron chi connectivity index (χ1n) is 25.2. The van der Waals surface area contributed by atoms with Crippen LogP contribution in [-0.4, -0.2) is 134 Å². The van der Waals surface area contributed by atoms with Crippen LogP contribution in [0.5, 0.6) is 11.5 Å². The molecule has 0 aliphatic rings. The Bertz CT molecular complexity index is 3200. The Labute approximate surface area is 456 Å². The molecule has 0 unspecified atom stereocenters. The number of aromatic nitrogens is 2. The van der Waals surface area contributed by atoms with E-state index < -0.39 is 108 Å². The number of amides is 9. The second kappa shape index (κ2) is 28.5. The molecule has 9 amide bonds. The Morgan fingerprint density at radius 1 is 0.475 bits per heavy atom. The van der Waals surface area contributed by atoms with E-state index in [1.165, 1.54) is 36.4 Å². The first kappa shape index (κ1) is 59.4. The van der Waals surface area contributed by atoms with Gasteiger partial charge in [0.05, 0.1) is 19.1 Å². The second-order valence-electron chi connectivity index (χ2n) is 18.8. The van der Waals surface area contributed by atoms with Gasteiger partial charge in [-0.3, -0.25) is 48.6 Å². The molecule has 26 heteroatoms. The highest BCUT2D eigenvalue weighted by molar-refractivity contribution is 5.96. The van der Waals surface area contributed by atoms with E-state index in [0.717, 1.165) is 21.8 Å². The number of H-pyrrole nitrogens is 2. The van der Waals surface area contributed by atoms with Crippen LogP contribution >= 0.6 is 0 Å². The standard InChI is InChI=1S/C54H63N13O13/c55-37(21-29-9-13-33(68)14-10-29)49(74)64-40(17-19-45(56)70)50(75)60-28-48(73)63-42(23-31-25-58-38-7-3-1-5-35(31)38)53(78)67-66-43(24-32-26-59-39-8-4-2-6-36(32)39)51(76)61-27-47(72)62-41(18-20-46(57)71)52(77)65-44(54(79)80)22-30-11-15-34(69)16-12-30/h1-16,25-26,37,40-44,58-59,66,68-69H,17-24,27-28,55H2,(H2,56,70)(H2,57,71)(H,60,75)(H,61,76)(H,62,72)(H,63,73)(H,64,74)(H,65,77)(H,67,78)(H,79,80)/t37-,40+,41+,42-,43-,44-/m0/s1. The van der Waals surface area contributed by atoms with E-state index in [0.29, 0.717) is 22.3 Å². The van der Waals surface area contributed by atoms with Gasteiger partial charge >= 0.3 is 5.97 Å². The van der Waals surface area contributed by atoms with Crippen LogP contribution in [0.25, 0.3) is 21.8 Å². The van der Waals surface area contributed by atoms with Crippen LogP contribution in [0.4, 0.5) is 0 Å². The van der Waals surface area contributed by atoms with Gasteiger partial charge < -0.3 is 74.4 Å². The number of aromatic amines is 2. The van der Waals surface area contributed by atoms with E-state index in [4.69, 9.17) is 17.2 Å². The first-order chi connectivity index (χ1) is 38.2. The van der Waals surface area contributed by atoms with E-state index in [1.807, 2.05) is 0 Å². The van der Waals surface area contributed by atoms with Crippen molar-refractivity contribution in [3.05, 3.63) is 132 Å². The van der Waals surface area contributed by atoms with Crippen LogP contribution in [-0.2, 0) is 73.6 Å². The Kier molecular flexibility index (Phi) is 21.2. The van der Waals surface area contributed by atoms with E-state index >= 15 is 0 Å². The van der Waals surface area contributed by atoms with Crippen LogP contribution < -0.4 is 60.0 Å². The van der Waals surface area contributed by atoms with Crippen molar-refractivity contribution in [3.8, 4) is 11.5 Å². The molecule has 0 saturated carbocycles. The topological polar surface area (TPSA) is 437 Å². The predicted octanol–water partition coefficient (Wildman–Crippen LogP) is -1.57. The van der Waals surface area contributed by atoms with E-state index in [1.54, 1.807) is 73.1 Å². The fourth-order valence-corrected chi connectivity index (χ4v) is 8.49. The zero-order valence-electron chi connectivity index (χ0n) is 43.1. The third-order valence-electron chi connectivity index (χ3n) is 12.7. The Hall–Kier alpha value is -9.82. The number of hydrogen-bond donors (Lipinski definition) is 16. The molecule has 2 aromatic heterocycles. The smallest absolute Gasteiger partial charge is 0.326 e. The van der Waals surface area contributed by atoms with Crippen molar-refractivity contribution in [1.29, 1.82) is 0 Å². The van der Waals surface area contributed by atoms with Crippen molar-refractivity contribution < 1.29 is 63.3 Å². The third kappa shape index (κ3) is 17.9. The summed E-state index contributed by atoms with van der Waals surface area (Å²) in [4.78, 5) is 137. The van der Waals surface area contributed by atoms with Crippen LogP contribution in [0, 0.1) is 0 Å². The molecule has 6 rings (SSSR count). The van der Waals surface area contributed by atoms with Gasteiger partial charge in [0.25, 0.3) is 5.91 Å². The van der Waals surface area contributed by atoms with Crippen LogP contribution in [0.15, 0.2) is 109 Å². The van der Waals surface area contributed by atoms with Crippen molar-refractivity contribution in [3.63, 3.8) is 0 Å². The lowest BCUT2D eigenvalue weighted by Gasteiger charge is -2.24. The number of carboxylic acids is 1. The minimum Gasteiger partial charge on any atom is -0.508 e. The maximum atomic E-state index is 14.3. The number of para-hydroxylation sites is 2. The molecular formula is C54H63N13O13. The number of hydrazine groups is 1. The number of rotatable bonds is 30. The summed E-state index contributed by atoms with van der Waals surface area (Å²) in [6, 6.07) is 17.7. The molecule has 4 aromatic carbocycles. The largest absolute Gasteiger partial charge is 0.508 e. The van der Waals surface area contributed by atoms with Crippen LogP contribution in [0.2, 0.25) is 0 Å². The Morgan fingerprint density at radius 2 is 0.912 bits per heavy atom. The van der Waals surface area contributed by atoms with Gasteiger partial charge in [0.1, 0.15) is 41.7 Å². The first-order valence-corrected chi connectivity index (χ1v) is 25.2. The van der Waals surface area contributed by atoms with Gasteiger partial charge in [0, 0.05) is 66.3 Å². The van der Waals surface area contributed by atoms with Gasteiger partial charge in [0.2, 0.25) is 47.3 Å². The molecule has 0 saturated heterocycles. The minimum absolute atomic E-state index is 0.00724. The number of carbonyl (C=O) groups is 10. The molecule has 6 aromatic rings. The normalized spacial score (nSPS) is 13.3.